The zero-order valence-corrected chi connectivity index (χ0v) is 23.1. The Balaban J connectivity index is 1.21. The number of halogens is 4. The first kappa shape index (κ1) is 26.9. The van der Waals surface area contributed by atoms with Gasteiger partial charge in [0.1, 0.15) is 6.17 Å². The van der Waals surface area contributed by atoms with Crippen LogP contribution in [-0.2, 0) is 12.7 Å². The van der Waals surface area contributed by atoms with Gasteiger partial charge in [0, 0.05) is 31.5 Å². The number of alkyl halides is 4. The van der Waals surface area contributed by atoms with E-state index in [1.165, 1.54) is 36.1 Å². The Morgan fingerprint density at radius 3 is 2.52 bits per heavy atom. The SMILES string of the molecule is CN1CNNC1[C@@H](C1CCC1)C1CC(F)CC(n2cc3c(C(F)(F)F)cc(CN4CCC5(CC5)C4)cn3c2=O)C1. The molecule has 1 spiro atoms. The van der Waals surface area contributed by atoms with Crippen molar-refractivity contribution in [1.29, 1.82) is 0 Å². The van der Waals surface area contributed by atoms with Crippen molar-refractivity contribution < 1.29 is 17.6 Å². The Morgan fingerprint density at radius 1 is 1.10 bits per heavy atom. The Labute approximate surface area is 231 Å². The Hall–Kier alpha value is -1.95. The molecular weight excluding hydrogens is 524 g/mol. The molecule has 0 radical (unpaired) electrons. The fraction of sp³-hybridized carbons (Fsp3) is 0.759. The van der Waals surface area contributed by atoms with Crippen LogP contribution in [0.5, 0.6) is 0 Å². The number of likely N-dealkylation sites (tertiary alicyclic amines) is 1. The molecule has 3 aliphatic carbocycles. The van der Waals surface area contributed by atoms with E-state index < -0.39 is 29.6 Å². The van der Waals surface area contributed by atoms with Crippen LogP contribution in [0.15, 0.2) is 23.3 Å². The van der Waals surface area contributed by atoms with Crippen LogP contribution in [0.2, 0.25) is 0 Å². The van der Waals surface area contributed by atoms with Crippen molar-refractivity contribution in [3.05, 3.63) is 40.1 Å². The van der Waals surface area contributed by atoms with E-state index in [-0.39, 0.29) is 29.9 Å². The maximum atomic E-state index is 15.4. The topological polar surface area (TPSA) is 56.9 Å². The third-order valence-corrected chi connectivity index (χ3v) is 10.7. The van der Waals surface area contributed by atoms with E-state index >= 15 is 4.39 Å². The van der Waals surface area contributed by atoms with Gasteiger partial charge in [-0.3, -0.25) is 18.8 Å². The van der Waals surface area contributed by atoms with Crippen LogP contribution in [0.1, 0.15) is 75.0 Å². The summed E-state index contributed by atoms with van der Waals surface area (Å²) in [6.07, 6.45) is 5.36. The van der Waals surface area contributed by atoms with Gasteiger partial charge in [-0.05, 0) is 86.9 Å². The van der Waals surface area contributed by atoms with Gasteiger partial charge in [-0.2, -0.15) is 13.2 Å². The average molecular weight is 565 g/mol. The zero-order valence-electron chi connectivity index (χ0n) is 23.1. The van der Waals surface area contributed by atoms with Crippen LogP contribution in [-0.4, -0.2) is 57.9 Å². The second kappa shape index (κ2) is 9.81. The summed E-state index contributed by atoms with van der Waals surface area (Å²) in [4.78, 5) is 18.1. The number of hydrogen-bond acceptors (Lipinski definition) is 5. The molecule has 7 rings (SSSR count). The maximum absolute atomic E-state index is 15.4. The fourth-order valence-corrected chi connectivity index (χ4v) is 8.25. The molecule has 5 aliphatic rings. The molecule has 5 atom stereocenters. The van der Waals surface area contributed by atoms with Crippen molar-refractivity contribution in [2.24, 2.45) is 23.2 Å². The predicted octanol–water partition coefficient (Wildman–Crippen LogP) is 4.52. The Kier molecular flexibility index (Phi) is 6.60. The van der Waals surface area contributed by atoms with Gasteiger partial charge < -0.3 is 0 Å². The highest BCUT2D eigenvalue weighted by Crippen LogP contribution is 2.53. The summed E-state index contributed by atoms with van der Waals surface area (Å²) >= 11 is 0. The average Bonchev–Trinajstić information content (AvgIpc) is 3.14. The summed E-state index contributed by atoms with van der Waals surface area (Å²) in [7, 11) is 2.05. The molecular formula is C29H40F4N6O. The first-order valence-corrected chi connectivity index (χ1v) is 15.0. The molecule has 5 fully saturated rings. The molecule has 220 valence electrons. The normalized spacial score (nSPS) is 32.2. The van der Waals surface area contributed by atoms with E-state index in [0.717, 1.165) is 36.8 Å². The Bertz CT molecular complexity index is 1310. The number of hydrazine groups is 1. The molecule has 2 saturated heterocycles. The van der Waals surface area contributed by atoms with Gasteiger partial charge in [0.05, 0.1) is 23.9 Å². The molecule has 7 nitrogen and oxygen atoms in total. The van der Waals surface area contributed by atoms with Crippen molar-refractivity contribution in [3.63, 3.8) is 0 Å². The monoisotopic (exact) mass is 564 g/mol. The van der Waals surface area contributed by atoms with Crippen LogP contribution in [0, 0.1) is 23.2 Å². The summed E-state index contributed by atoms with van der Waals surface area (Å²) in [5.74, 6) is 0.742. The molecule has 4 heterocycles. The lowest BCUT2D eigenvalue weighted by molar-refractivity contribution is -0.136. The maximum Gasteiger partial charge on any atom is 0.418 e. The molecule has 11 heteroatoms. The van der Waals surface area contributed by atoms with Crippen molar-refractivity contribution in [1.82, 2.24) is 29.6 Å². The lowest BCUT2D eigenvalue weighted by Gasteiger charge is -2.46. The first-order valence-electron chi connectivity index (χ1n) is 15.0. The van der Waals surface area contributed by atoms with Crippen LogP contribution in [0.3, 0.4) is 0 Å². The lowest BCUT2D eigenvalue weighted by Crippen LogP contribution is -2.51. The largest absolute Gasteiger partial charge is 0.418 e. The quantitative estimate of drug-likeness (QED) is 0.506. The number of hydrogen-bond donors (Lipinski definition) is 2. The predicted molar refractivity (Wildman–Crippen MR) is 143 cm³/mol. The summed E-state index contributed by atoms with van der Waals surface area (Å²) in [5, 5.41) is 0. The molecule has 2 aromatic rings. The number of nitrogens with one attached hydrogen (secondary N) is 2. The molecule has 40 heavy (non-hydrogen) atoms. The molecule has 2 aliphatic heterocycles. The van der Waals surface area contributed by atoms with Gasteiger partial charge in [-0.25, -0.2) is 20.0 Å². The van der Waals surface area contributed by atoms with Crippen molar-refractivity contribution in [2.75, 3.05) is 26.8 Å². The molecule has 4 unspecified atom stereocenters. The van der Waals surface area contributed by atoms with Crippen molar-refractivity contribution in [2.45, 2.75) is 88.9 Å². The van der Waals surface area contributed by atoms with E-state index in [4.69, 9.17) is 0 Å². The summed E-state index contributed by atoms with van der Waals surface area (Å²) in [6, 6.07) is 0.737. The third-order valence-electron chi connectivity index (χ3n) is 10.7. The highest BCUT2D eigenvalue weighted by atomic mass is 19.4. The van der Waals surface area contributed by atoms with Gasteiger partial charge in [0.2, 0.25) is 0 Å². The third kappa shape index (κ3) is 4.80. The summed E-state index contributed by atoms with van der Waals surface area (Å²) < 4.78 is 60.8. The smallest absolute Gasteiger partial charge is 0.298 e. The molecule has 0 amide bonds. The molecule has 3 saturated carbocycles. The van der Waals surface area contributed by atoms with Gasteiger partial charge in [0.25, 0.3) is 0 Å². The molecule has 0 aromatic carbocycles. The van der Waals surface area contributed by atoms with Gasteiger partial charge in [-0.15, -0.1) is 0 Å². The van der Waals surface area contributed by atoms with E-state index in [9.17, 15) is 18.0 Å². The van der Waals surface area contributed by atoms with Gasteiger partial charge in [-0.1, -0.05) is 19.3 Å². The van der Waals surface area contributed by atoms with Crippen molar-refractivity contribution >= 4 is 5.52 Å². The van der Waals surface area contributed by atoms with Crippen LogP contribution >= 0.6 is 0 Å². The van der Waals surface area contributed by atoms with E-state index in [2.05, 4.69) is 20.7 Å². The first-order chi connectivity index (χ1) is 19.1. The number of imidazole rings is 1. The number of pyridine rings is 1. The standard InChI is InChI=1S/C29H40F4N6O/c1-36-17-34-35-26(36)25(19-3-2-4-19)20-10-21(30)12-22(11-20)38-15-24-23(29(31,32)33)9-18(14-39(24)27(38)40)13-37-8-7-28(16-37)5-6-28/h9,14-15,19-22,25-26,34-35H,2-8,10-13,16-17H2,1H3/t20?,21?,22?,25-,26?/m0/s1. The fourth-order valence-electron chi connectivity index (χ4n) is 8.25. The lowest BCUT2D eigenvalue weighted by atomic mass is 9.64. The second-order valence-electron chi connectivity index (χ2n) is 13.5. The van der Waals surface area contributed by atoms with E-state index in [1.807, 2.05) is 7.05 Å². The number of nitrogens with zero attached hydrogens (tertiary/aromatic N) is 4. The molecule has 0 bridgehead atoms. The number of aromatic nitrogens is 2. The van der Waals surface area contributed by atoms with Crippen molar-refractivity contribution in [3.8, 4) is 0 Å². The minimum absolute atomic E-state index is 0.0383. The number of fused-ring (bicyclic) bond motifs is 1. The minimum Gasteiger partial charge on any atom is -0.298 e. The highest BCUT2D eigenvalue weighted by Gasteiger charge is 2.48. The van der Waals surface area contributed by atoms with E-state index in [0.29, 0.717) is 43.0 Å². The summed E-state index contributed by atoms with van der Waals surface area (Å²) in [5.41, 5.74) is 6.00. The summed E-state index contributed by atoms with van der Waals surface area (Å²) in [6.45, 7) is 2.88. The van der Waals surface area contributed by atoms with Gasteiger partial charge in [0.15, 0.2) is 0 Å². The van der Waals surface area contributed by atoms with E-state index in [1.54, 1.807) is 6.20 Å². The Morgan fingerprint density at radius 2 is 1.90 bits per heavy atom. The second-order valence-corrected chi connectivity index (χ2v) is 13.5. The zero-order chi connectivity index (χ0) is 27.8. The number of rotatable bonds is 6. The molecule has 2 aromatic heterocycles. The minimum atomic E-state index is -4.60. The highest BCUT2D eigenvalue weighted by molar-refractivity contribution is 5.56. The van der Waals surface area contributed by atoms with Crippen LogP contribution in [0.4, 0.5) is 17.6 Å². The van der Waals surface area contributed by atoms with Crippen LogP contribution in [0.25, 0.3) is 5.52 Å². The van der Waals surface area contributed by atoms with Gasteiger partial charge >= 0.3 is 11.9 Å². The van der Waals surface area contributed by atoms with Crippen LogP contribution < -0.4 is 16.5 Å². The molecule has 2 N–H and O–H groups in total.